The molecule has 0 saturated carbocycles. The Morgan fingerprint density at radius 2 is 2.11 bits per heavy atom. The molecule has 0 spiro atoms. The SMILES string of the molecule is Cc1c(Br)c2ccccc2n1CC(=O)N1CC(O)C1. The first-order chi connectivity index (χ1) is 9.08. The Morgan fingerprint density at radius 3 is 2.79 bits per heavy atom. The maximum absolute atomic E-state index is 12.1. The van der Waals surface area contributed by atoms with Gasteiger partial charge < -0.3 is 14.6 Å². The van der Waals surface area contributed by atoms with Crippen molar-refractivity contribution < 1.29 is 9.90 Å². The van der Waals surface area contributed by atoms with Gasteiger partial charge in [0, 0.05) is 34.2 Å². The predicted molar refractivity (Wildman–Crippen MR) is 77.0 cm³/mol. The number of nitrogens with zero attached hydrogens (tertiary/aromatic N) is 2. The molecule has 1 aliphatic heterocycles. The smallest absolute Gasteiger partial charge is 0.242 e. The average Bonchev–Trinajstić information content (AvgIpc) is 2.61. The van der Waals surface area contributed by atoms with E-state index in [4.69, 9.17) is 0 Å². The summed E-state index contributed by atoms with van der Waals surface area (Å²) in [5, 5.41) is 10.4. The summed E-state index contributed by atoms with van der Waals surface area (Å²) in [5.41, 5.74) is 2.11. The lowest BCUT2D eigenvalue weighted by atomic mass is 10.2. The topological polar surface area (TPSA) is 45.5 Å². The second-order valence-corrected chi connectivity index (χ2v) is 5.75. The van der Waals surface area contributed by atoms with Gasteiger partial charge in [-0.25, -0.2) is 0 Å². The van der Waals surface area contributed by atoms with E-state index in [0.29, 0.717) is 19.6 Å². The summed E-state index contributed by atoms with van der Waals surface area (Å²) in [6.45, 7) is 3.24. The van der Waals surface area contributed by atoms with Gasteiger partial charge in [-0.15, -0.1) is 0 Å². The van der Waals surface area contributed by atoms with Crippen LogP contribution in [-0.4, -0.2) is 39.7 Å². The Morgan fingerprint density at radius 1 is 1.42 bits per heavy atom. The first kappa shape index (κ1) is 12.7. The highest BCUT2D eigenvalue weighted by Gasteiger charge is 2.29. The Kier molecular flexibility index (Phi) is 3.11. The fraction of sp³-hybridized carbons (Fsp3) is 0.357. The molecule has 5 heteroatoms. The summed E-state index contributed by atoms with van der Waals surface area (Å²) in [4.78, 5) is 13.8. The van der Waals surface area contributed by atoms with Crippen LogP contribution in [0.1, 0.15) is 5.69 Å². The maximum Gasteiger partial charge on any atom is 0.242 e. The van der Waals surface area contributed by atoms with Crippen LogP contribution >= 0.6 is 15.9 Å². The van der Waals surface area contributed by atoms with Crippen molar-refractivity contribution in [2.45, 2.75) is 19.6 Å². The number of carbonyl (C=O) groups is 1. The zero-order chi connectivity index (χ0) is 13.6. The minimum atomic E-state index is -0.349. The first-order valence-corrected chi connectivity index (χ1v) is 7.06. The molecule has 2 heterocycles. The van der Waals surface area contributed by atoms with Gasteiger partial charge in [-0.05, 0) is 28.9 Å². The van der Waals surface area contributed by atoms with E-state index in [1.165, 1.54) is 0 Å². The normalized spacial score (nSPS) is 15.8. The number of aromatic nitrogens is 1. The second kappa shape index (κ2) is 4.65. The fourth-order valence-corrected chi connectivity index (χ4v) is 3.04. The molecule has 0 aliphatic carbocycles. The van der Waals surface area contributed by atoms with Crippen LogP contribution < -0.4 is 0 Å². The molecular weight excluding hydrogens is 308 g/mol. The summed E-state index contributed by atoms with van der Waals surface area (Å²) >= 11 is 3.58. The molecular formula is C14H15BrN2O2. The lowest BCUT2D eigenvalue weighted by Gasteiger charge is -2.36. The molecule has 0 atom stereocenters. The molecule has 19 heavy (non-hydrogen) atoms. The van der Waals surface area contributed by atoms with Crippen molar-refractivity contribution in [1.82, 2.24) is 9.47 Å². The summed E-state index contributed by atoms with van der Waals surface area (Å²) in [6, 6.07) is 8.03. The van der Waals surface area contributed by atoms with Crippen LogP contribution in [0, 0.1) is 6.92 Å². The quantitative estimate of drug-likeness (QED) is 0.918. The molecule has 1 aliphatic rings. The van der Waals surface area contributed by atoms with Crippen molar-refractivity contribution in [2.24, 2.45) is 0 Å². The second-order valence-electron chi connectivity index (χ2n) is 4.96. The number of likely N-dealkylation sites (tertiary alicyclic amines) is 1. The van der Waals surface area contributed by atoms with Gasteiger partial charge in [-0.3, -0.25) is 4.79 Å². The van der Waals surface area contributed by atoms with E-state index in [1.807, 2.05) is 35.8 Å². The monoisotopic (exact) mass is 322 g/mol. The molecule has 3 rings (SSSR count). The molecule has 1 amide bonds. The van der Waals surface area contributed by atoms with Crippen molar-refractivity contribution in [2.75, 3.05) is 13.1 Å². The van der Waals surface area contributed by atoms with Crippen LogP contribution in [-0.2, 0) is 11.3 Å². The van der Waals surface area contributed by atoms with Crippen LogP contribution in [0.4, 0.5) is 0 Å². The third kappa shape index (κ3) is 2.07. The maximum atomic E-state index is 12.1. The van der Waals surface area contributed by atoms with Crippen molar-refractivity contribution >= 4 is 32.7 Å². The number of halogens is 1. The zero-order valence-electron chi connectivity index (χ0n) is 10.6. The van der Waals surface area contributed by atoms with E-state index in [9.17, 15) is 9.90 Å². The molecule has 1 fully saturated rings. The van der Waals surface area contributed by atoms with E-state index in [-0.39, 0.29) is 12.0 Å². The van der Waals surface area contributed by atoms with E-state index < -0.39 is 0 Å². The summed E-state index contributed by atoms with van der Waals surface area (Å²) in [5.74, 6) is 0.0571. The predicted octanol–water partition coefficient (Wildman–Crippen LogP) is 1.92. The van der Waals surface area contributed by atoms with Crippen LogP contribution in [0.5, 0.6) is 0 Å². The van der Waals surface area contributed by atoms with E-state index in [0.717, 1.165) is 21.1 Å². The van der Waals surface area contributed by atoms with E-state index in [1.54, 1.807) is 4.90 Å². The van der Waals surface area contributed by atoms with Gasteiger partial charge in [0.15, 0.2) is 0 Å². The van der Waals surface area contributed by atoms with Crippen molar-refractivity contribution in [3.05, 3.63) is 34.4 Å². The molecule has 1 aromatic carbocycles. The fourth-order valence-electron chi connectivity index (χ4n) is 2.49. The Balaban J connectivity index is 1.92. The molecule has 0 unspecified atom stereocenters. The molecule has 100 valence electrons. The Hall–Kier alpha value is -1.33. The highest BCUT2D eigenvalue weighted by Crippen LogP contribution is 2.30. The number of aliphatic hydroxyl groups is 1. The molecule has 0 bridgehead atoms. The third-order valence-electron chi connectivity index (χ3n) is 3.66. The number of carbonyl (C=O) groups excluding carboxylic acids is 1. The zero-order valence-corrected chi connectivity index (χ0v) is 12.2. The van der Waals surface area contributed by atoms with Gasteiger partial charge in [-0.1, -0.05) is 18.2 Å². The van der Waals surface area contributed by atoms with Crippen LogP contribution in [0.3, 0.4) is 0 Å². The van der Waals surface area contributed by atoms with Gasteiger partial charge >= 0.3 is 0 Å². The van der Waals surface area contributed by atoms with Gasteiger partial charge in [0.05, 0.1) is 6.10 Å². The van der Waals surface area contributed by atoms with Crippen molar-refractivity contribution in [3.63, 3.8) is 0 Å². The highest BCUT2D eigenvalue weighted by molar-refractivity contribution is 9.10. The molecule has 4 nitrogen and oxygen atoms in total. The van der Waals surface area contributed by atoms with Crippen LogP contribution in [0.2, 0.25) is 0 Å². The Bertz CT molecular complexity index is 644. The number of amides is 1. The number of rotatable bonds is 2. The lowest BCUT2D eigenvalue weighted by Crippen LogP contribution is -2.54. The lowest BCUT2D eigenvalue weighted by molar-refractivity contribution is -0.141. The van der Waals surface area contributed by atoms with E-state index in [2.05, 4.69) is 15.9 Å². The van der Waals surface area contributed by atoms with Gasteiger partial charge in [-0.2, -0.15) is 0 Å². The molecule has 1 N–H and O–H groups in total. The Labute approximate surface area is 119 Å². The van der Waals surface area contributed by atoms with E-state index >= 15 is 0 Å². The largest absolute Gasteiger partial charge is 0.389 e. The number of fused-ring (bicyclic) bond motifs is 1. The molecule has 1 saturated heterocycles. The minimum Gasteiger partial charge on any atom is -0.389 e. The summed E-state index contributed by atoms with van der Waals surface area (Å²) < 4.78 is 3.06. The number of aliphatic hydroxyl groups excluding tert-OH is 1. The molecule has 1 aromatic heterocycles. The summed E-state index contributed by atoms with van der Waals surface area (Å²) in [6.07, 6.45) is -0.349. The highest BCUT2D eigenvalue weighted by atomic mass is 79.9. The van der Waals surface area contributed by atoms with Crippen LogP contribution in [0.25, 0.3) is 10.9 Å². The van der Waals surface area contributed by atoms with Crippen LogP contribution in [0.15, 0.2) is 28.7 Å². The average molecular weight is 323 g/mol. The molecule has 0 radical (unpaired) electrons. The minimum absolute atomic E-state index is 0.0571. The number of hydrogen-bond donors (Lipinski definition) is 1. The number of hydrogen-bond acceptors (Lipinski definition) is 2. The summed E-state index contributed by atoms with van der Waals surface area (Å²) in [7, 11) is 0. The van der Waals surface area contributed by atoms with Gasteiger partial charge in [0.2, 0.25) is 5.91 Å². The number of β-amino-alcohol motifs (C(OH)–C–C–N with tert-alkyl or cyclic N) is 1. The number of benzene rings is 1. The third-order valence-corrected chi connectivity index (χ3v) is 4.66. The molecule has 2 aromatic rings. The first-order valence-electron chi connectivity index (χ1n) is 6.27. The standard InChI is InChI=1S/C14H15BrN2O2/c1-9-14(15)11-4-2-3-5-12(11)17(9)8-13(19)16-6-10(18)7-16/h2-5,10,18H,6-8H2,1H3. The van der Waals surface area contributed by atoms with Gasteiger partial charge in [0.1, 0.15) is 6.54 Å². The van der Waals surface area contributed by atoms with Crippen molar-refractivity contribution in [3.8, 4) is 0 Å². The number of para-hydroxylation sites is 1. The van der Waals surface area contributed by atoms with Crippen molar-refractivity contribution in [1.29, 1.82) is 0 Å². The van der Waals surface area contributed by atoms with Gasteiger partial charge in [0.25, 0.3) is 0 Å².